The van der Waals surface area contributed by atoms with Crippen LogP contribution in [0.1, 0.15) is 40.0 Å². The minimum Gasteiger partial charge on any atom is -0.478 e. The molecule has 1 aliphatic carbocycles. The van der Waals surface area contributed by atoms with Gasteiger partial charge in [0.25, 0.3) is 0 Å². The lowest BCUT2D eigenvalue weighted by atomic mass is 9.70. The molecule has 4 heteroatoms. The fourth-order valence-corrected chi connectivity index (χ4v) is 2.85. The number of carbonyl (C=O) groups is 2. The van der Waals surface area contributed by atoms with Crippen LogP contribution in [0.5, 0.6) is 0 Å². The molecule has 17 heavy (non-hydrogen) atoms. The number of hydrogen-bond donors (Lipinski definition) is 2. The van der Waals surface area contributed by atoms with Crippen molar-refractivity contribution in [3.8, 4) is 0 Å². The van der Waals surface area contributed by atoms with Crippen molar-refractivity contribution in [1.82, 2.24) is 5.32 Å². The third kappa shape index (κ3) is 5.02. The number of carboxylic acids is 1. The maximum absolute atomic E-state index is 11.5. The monoisotopic (exact) mass is 239 g/mol. The lowest BCUT2D eigenvalue weighted by Crippen LogP contribution is -2.42. The molecular formula is C13H21NO3. The van der Waals surface area contributed by atoms with E-state index in [9.17, 15) is 9.59 Å². The molecule has 1 amide bonds. The Hall–Kier alpha value is -1.32. The first-order valence-corrected chi connectivity index (χ1v) is 6.00. The van der Waals surface area contributed by atoms with E-state index in [1.807, 2.05) is 0 Å². The molecule has 2 atom stereocenters. The second kappa shape index (κ2) is 5.34. The Kier molecular flexibility index (Phi) is 4.32. The average molecular weight is 239 g/mol. The molecular weight excluding hydrogens is 218 g/mol. The first-order valence-electron chi connectivity index (χ1n) is 6.00. The summed E-state index contributed by atoms with van der Waals surface area (Å²) < 4.78 is 0. The van der Waals surface area contributed by atoms with E-state index in [2.05, 4.69) is 26.1 Å². The number of amides is 1. The minimum atomic E-state index is -1.10. The molecule has 1 fully saturated rings. The van der Waals surface area contributed by atoms with Crippen molar-refractivity contribution >= 4 is 11.9 Å². The predicted octanol–water partition coefficient (Wildman–Crippen LogP) is 1.96. The summed E-state index contributed by atoms with van der Waals surface area (Å²) in [7, 11) is 0. The highest BCUT2D eigenvalue weighted by Crippen LogP contribution is 2.38. The first kappa shape index (κ1) is 13.7. The highest BCUT2D eigenvalue weighted by molar-refractivity contribution is 5.93. The molecule has 0 bridgehead atoms. The van der Waals surface area contributed by atoms with Gasteiger partial charge in [-0.05, 0) is 30.6 Å². The maximum Gasteiger partial charge on any atom is 0.328 e. The van der Waals surface area contributed by atoms with Crippen molar-refractivity contribution in [2.24, 2.45) is 11.3 Å². The van der Waals surface area contributed by atoms with Gasteiger partial charge < -0.3 is 10.4 Å². The molecule has 1 rings (SSSR count). The highest BCUT2D eigenvalue weighted by Gasteiger charge is 2.32. The zero-order valence-electron chi connectivity index (χ0n) is 10.7. The number of carboxylic acid groups (broad SMARTS) is 1. The van der Waals surface area contributed by atoms with Gasteiger partial charge in [0.15, 0.2) is 0 Å². The van der Waals surface area contributed by atoms with E-state index in [1.54, 1.807) is 0 Å². The van der Waals surface area contributed by atoms with Gasteiger partial charge in [0.05, 0.1) is 0 Å². The molecule has 4 nitrogen and oxygen atoms in total. The summed E-state index contributed by atoms with van der Waals surface area (Å²) in [4.78, 5) is 21.8. The summed E-state index contributed by atoms with van der Waals surface area (Å²) in [6.45, 7) is 6.59. The van der Waals surface area contributed by atoms with Crippen molar-refractivity contribution in [2.75, 3.05) is 0 Å². The number of carbonyl (C=O) groups excluding carboxylic acids is 1. The third-order valence-corrected chi connectivity index (χ3v) is 3.11. The van der Waals surface area contributed by atoms with Crippen molar-refractivity contribution < 1.29 is 14.7 Å². The van der Waals surface area contributed by atoms with Gasteiger partial charge in [-0.2, -0.15) is 0 Å². The lowest BCUT2D eigenvalue weighted by Gasteiger charge is -2.39. The summed E-state index contributed by atoms with van der Waals surface area (Å²) in [6.07, 6.45) is 5.03. The highest BCUT2D eigenvalue weighted by atomic mass is 16.4. The van der Waals surface area contributed by atoms with Crippen molar-refractivity contribution in [1.29, 1.82) is 0 Å². The van der Waals surface area contributed by atoms with Crippen LogP contribution in [0.2, 0.25) is 0 Å². The maximum atomic E-state index is 11.5. The number of rotatable bonds is 3. The fourth-order valence-electron chi connectivity index (χ4n) is 2.85. The minimum absolute atomic E-state index is 0.152. The van der Waals surface area contributed by atoms with E-state index in [0.29, 0.717) is 5.92 Å². The molecule has 0 unspecified atom stereocenters. The molecule has 0 aliphatic heterocycles. The quantitative estimate of drug-likeness (QED) is 0.740. The van der Waals surface area contributed by atoms with E-state index in [1.165, 1.54) is 6.42 Å². The van der Waals surface area contributed by atoms with Crippen molar-refractivity contribution in [3.05, 3.63) is 12.2 Å². The van der Waals surface area contributed by atoms with Crippen LogP contribution in [0.3, 0.4) is 0 Å². The van der Waals surface area contributed by atoms with Gasteiger partial charge >= 0.3 is 5.97 Å². The summed E-state index contributed by atoms with van der Waals surface area (Å²) in [5, 5.41) is 11.3. The van der Waals surface area contributed by atoms with Crippen LogP contribution in [-0.2, 0) is 9.59 Å². The average Bonchev–Trinajstić information content (AvgIpc) is 2.11. The van der Waals surface area contributed by atoms with E-state index in [4.69, 9.17) is 5.11 Å². The van der Waals surface area contributed by atoms with Crippen LogP contribution < -0.4 is 5.32 Å². The second-order valence-electron chi connectivity index (χ2n) is 5.79. The zero-order chi connectivity index (χ0) is 13.1. The SMILES string of the molecule is C[C@H]1C[C@@H](NC(=O)/C=C/C(=O)O)CC(C)(C)C1. The lowest BCUT2D eigenvalue weighted by molar-refractivity contribution is -0.131. The van der Waals surface area contributed by atoms with E-state index >= 15 is 0 Å². The zero-order valence-corrected chi connectivity index (χ0v) is 10.7. The molecule has 1 aliphatic rings. The smallest absolute Gasteiger partial charge is 0.328 e. The molecule has 0 aromatic carbocycles. The molecule has 96 valence electrons. The van der Waals surface area contributed by atoms with Gasteiger partial charge in [-0.1, -0.05) is 20.8 Å². The van der Waals surface area contributed by atoms with Gasteiger partial charge in [-0.15, -0.1) is 0 Å². The Morgan fingerprint density at radius 2 is 1.94 bits per heavy atom. The number of nitrogens with one attached hydrogen (secondary N) is 1. The summed E-state index contributed by atoms with van der Waals surface area (Å²) >= 11 is 0. The Labute approximate surface area is 102 Å². The Morgan fingerprint density at radius 1 is 1.29 bits per heavy atom. The van der Waals surface area contributed by atoms with Gasteiger partial charge in [0, 0.05) is 18.2 Å². The van der Waals surface area contributed by atoms with Crippen LogP contribution in [0.25, 0.3) is 0 Å². The van der Waals surface area contributed by atoms with Crippen LogP contribution in [-0.4, -0.2) is 23.0 Å². The molecule has 1 saturated carbocycles. The standard InChI is InChI=1S/C13H21NO3/c1-9-6-10(8-13(2,3)7-9)14-11(15)4-5-12(16)17/h4-5,9-10H,6-8H2,1-3H3,(H,14,15)(H,16,17)/b5-4+/t9-,10+/m0/s1. The summed E-state index contributed by atoms with van der Waals surface area (Å²) in [5.74, 6) is -0.827. The normalized spacial score (nSPS) is 27.9. The Bertz CT molecular complexity index is 334. The number of aliphatic carboxylic acids is 1. The Morgan fingerprint density at radius 3 is 2.47 bits per heavy atom. The van der Waals surface area contributed by atoms with Gasteiger partial charge in [-0.3, -0.25) is 4.79 Å². The summed E-state index contributed by atoms with van der Waals surface area (Å²) in [5.41, 5.74) is 0.242. The molecule has 0 heterocycles. The molecule has 0 aromatic rings. The predicted molar refractivity (Wildman–Crippen MR) is 65.5 cm³/mol. The van der Waals surface area contributed by atoms with E-state index in [0.717, 1.165) is 25.0 Å². The molecule has 0 saturated heterocycles. The molecule has 2 N–H and O–H groups in total. The van der Waals surface area contributed by atoms with Gasteiger partial charge in [-0.25, -0.2) is 4.79 Å². The third-order valence-electron chi connectivity index (χ3n) is 3.11. The van der Waals surface area contributed by atoms with E-state index < -0.39 is 5.97 Å². The van der Waals surface area contributed by atoms with Crippen molar-refractivity contribution in [3.63, 3.8) is 0 Å². The van der Waals surface area contributed by atoms with Gasteiger partial charge in [0.2, 0.25) is 5.91 Å². The first-order chi connectivity index (χ1) is 7.78. The van der Waals surface area contributed by atoms with Crippen LogP contribution in [0.4, 0.5) is 0 Å². The Balaban J connectivity index is 2.51. The second-order valence-corrected chi connectivity index (χ2v) is 5.79. The largest absolute Gasteiger partial charge is 0.478 e. The molecule has 0 spiro atoms. The van der Waals surface area contributed by atoms with Crippen LogP contribution in [0.15, 0.2) is 12.2 Å². The molecule has 0 radical (unpaired) electrons. The van der Waals surface area contributed by atoms with Gasteiger partial charge in [0.1, 0.15) is 0 Å². The molecule has 0 aromatic heterocycles. The fraction of sp³-hybridized carbons (Fsp3) is 0.692. The van der Waals surface area contributed by atoms with Crippen LogP contribution in [0, 0.1) is 11.3 Å². The van der Waals surface area contributed by atoms with E-state index in [-0.39, 0.29) is 17.4 Å². The summed E-state index contributed by atoms with van der Waals surface area (Å²) in [6, 6.07) is 0.152. The number of hydrogen-bond acceptors (Lipinski definition) is 2. The van der Waals surface area contributed by atoms with Crippen LogP contribution >= 0.6 is 0 Å². The van der Waals surface area contributed by atoms with Crippen molar-refractivity contribution in [2.45, 2.75) is 46.1 Å². The topological polar surface area (TPSA) is 66.4 Å².